The van der Waals surface area contributed by atoms with Gasteiger partial charge < -0.3 is 0 Å². The number of nitrogens with zero attached hydrogens (tertiary/aromatic N) is 1. The zero-order valence-electron chi connectivity index (χ0n) is 9.40. The summed E-state index contributed by atoms with van der Waals surface area (Å²) in [5, 5.41) is 0. The number of alkyl halides is 1. The van der Waals surface area contributed by atoms with Gasteiger partial charge in [-0.1, -0.05) is 22.4 Å². The molecule has 0 radical (unpaired) electrons. The smallest absolute Gasteiger partial charge is 0.198 e. The molecule has 1 saturated carbocycles. The highest BCUT2D eigenvalue weighted by molar-refractivity contribution is 9.09. The molecule has 1 fully saturated rings. The van der Waals surface area contributed by atoms with Gasteiger partial charge in [0, 0.05) is 24.0 Å². The highest BCUT2D eigenvalue weighted by atomic mass is 79.9. The molecule has 1 aliphatic carbocycles. The second-order valence-electron chi connectivity index (χ2n) is 4.29. The molecule has 0 aromatic rings. The van der Waals surface area contributed by atoms with Crippen molar-refractivity contribution in [3.05, 3.63) is 0 Å². The first-order chi connectivity index (χ1) is 6.84. The normalized spacial score (nSPS) is 27.9. The van der Waals surface area contributed by atoms with Gasteiger partial charge >= 0.3 is 0 Å². The van der Waals surface area contributed by atoms with Crippen LogP contribution in [0.4, 0.5) is 0 Å². The lowest BCUT2D eigenvalue weighted by molar-refractivity contribution is 0.396. The Kier molecular flexibility index (Phi) is 4.58. The third kappa shape index (κ3) is 3.41. The Hall–Kier alpha value is 0.350. The van der Waals surface area contributed by atoms with Crippen LogP contribution in [-0.4, -0.2) is 36.7 Å². The van der Waals surface area contributed by atoms with Crippen molar-refractivity contribution >= 4 is 26.1 Å². The molecule has 1 rings (SSSR count). The van der Waals surface area contributed by atoms with Crippen LogP contribution in [0.5, 0.6) is 0 Å². The number of nitrogens with one attached hydrogen (secondary N) is 1. The minimum atomic E-state index is -3.32. The van der Waals surface area contributed by atoms with Crippen LogP contribution in [0.15, 0.2) is 0 Å². The average molecular weight is 299 g/mol. The monoisotopic (exact) mass is 298 g/mol. The quantitative estimate of drug-likeness (QED) is 0.799. The summed E-state index contributed by atoms with van der Waals surface area (Å²) < 4.78 is 27.8. The molecule has 0 aromatic carbocycles. The van der Waals surface area contributed by atoms with Gasteiger partial charge in [0.1, 0.15) is 0 Å². The molecule has 2 atom stereocenters. The van der Waals surface area contributed by atoms with E-state index in [0.29, 0.717) is 0 Å². The van der Waals surface area contributed by atoms with Gasteiger partial charge in [-0.3, -0.25) is 0 Å². The molecule has 15 heavy (non-hydrogen) atoms. The van der Waals surface area contributed by atoms with E-state index in [1.165, 1.54) is 4.31 Å². The van der Waals surface area contributed by atoms with E-state index in [1.54, 1.807) is 7.05 Å². The fraction of sp³-hybridized carbons (Fsp3) is 1.00. The van der Waals surface area contributed by atoms with E-state index >= 15 is 0 Å². The van der Waals surface area contributed by atoms with Crippen molar-refractivity contribution in [2.24, 2.45) is 0 Å². The van der Waals surface area contributed by atoms with Gasteiger partial charge in [-0.25, -0.2) is 0 Å². The van der Waals surface area contributed by atoms with Crippen LogP contribution in [-0.2, 0) is 10.2 Å². The third-order valence-corrected chi connectivity index (χ3v) is 5.71. The van der Waals surface area contributed by atoms with E-state index in [4.69, 9.17) is 0 Å². The maximum atomic E-state index is 11.9. The zero-order chi connectivity index (χ0) is 11.6. The van der Waals surface area contributed by atoms with Gasteiger partial charge in [-0.15, -0.1) is 0 Å². The lowest BCUT2D eigenvalue weighted by Gasteiger charge is -2.24. The van der Waals surface area contributed by atoms with Crippen LogP contribution in [0.25, 0.3) is 0 Å². The van der Waals surface area contributed by atoms with E-state index in [1.807, 2.05) is 13.8 Å². The average Bonchev–Trinajstić information content (AvgIpc) is 2.50. The van der Waals surface area contributed by atoms with Crippen LogP contribution in [0.2, 0.25) is 0 Å². The van der Waals surface area contributed by atoms with E-state index < -0.39 is 10.2 Å². The Morgan fingerprint density at radius 3 is 2.40 bits per heavy atom. The van der Waals surface area contributed by atoms with Crippen LogP contribution < -0.4 is 4.72 Å². The molecular formula is C9H19BrN2O2S. The van der Waals surface area contributed by atoms with Crippen molar-refractivity contribution in [1.82, 2.24) is 9.03 Å². The highest BCUT2D eigenvalue weighted by Gasteiger charge is 2.31. The van der Waals surface area contributed by atoms with E-state index in [2.05, 4.69) is 20.7 Å². The minimum absolute atomic E-state index is 0.0160. The predicted molar refractivity (Wildman–Crippen MR) is 65.3 cm³/mol. The molecule has 0 bridgehead atoms. The van der Waals surface area contributed by atoms with Gasteiger partial charge in [-0.2, -0.15) is 17.4 Å². The van der Waals surface area contributed by atoms with Crippen molar-refractivity contribution < 1.29 is 8.42 Å². The molecule has 4 nitrogen and oxygen atoms in total. The van der Waals surface area contributed by atoms with Crippen molar-refractivity contribution in [1.29, 1.82) is 0 Å². The first-order valence-corrected chi connectivity index (χ1v) is 7.59. The fourth-order valence-corrected chi connectivity index (χ4v) is 3.88. The Morgan fingerprint density at radius 1 is 1.40 bits per heavy atom. The molecule has 1 aliphatic rings. The highest BCUT2D eigenvalue weighted by Crippen LogP contribution is 2.26. The molecule has 0 aliphatic heterocycles. The second kappa shape index (κ2) is 5.12. The lowest BCUT2D eigenvalue weighted by Crippen LogP contribution is -2.47. The largest absolute Gasteiger partial charge is 0.279 e. The molecule has 0 saturated heterocycles. The Labute approximate surface area is 101 Å². The van der Waals surface area contributed by atoms with E-state index in [0.717, 1.165) is 19.3 Å². The van der Waals surface area contributed by atoms with Crippen molar-refractivity contribution in [3.63, 3.8) is 0 Å². The fourth-order valence-electron chi connectivity index (χ4n) is 1.60. The summed E-state index contributed by atoms with van der Waals surface area (Å²) in [6, 6.07) is 0.0221. The summed E-state index contributed by atoms with van der Waals surface area (Å²) in [6.07, 6.45) is 3.04. The van der Waals surface area contributed by atoms with Gasteiger partial charge in [0.25, 0.3) is 10.2 Å². The van der Waals surface area contributed by atoms with Gasteiger partial charge in [0.05, 0.1) is 0 Å². The van der Waals surface area contributed by atoms with E-state index in [-0.39, 0.29) is 16.9 Å². The maximum absolute atomic E-state index is 11.9. The molecule has 0 amide bonds. The number of rotatable bonds is 4. The molecule has 0 spiro atoms. The van der Waals surface area contributed by atoms with Crippen molar-refractivity contribution in [2.75, 3.05) is 7.05 Å². The van der Waals surface area contributed by atoms with Crippen LogP contribution in [0.1, 0.15) is 33.1 Å². The first-order valence-electron chi connectivity index (χ1n) is 5.24. The molecule has 0 aromatic heterocycles. The van der Waals surface area contributed by atoms with Crippen molar-refractivity contribution in [2.45, 2.75) is 50.0 Å². The lowest BCUT2D eigenvalue weighted by atomic mass is 10.3. The van der Waals surface area contributed by atoms with Crippen molar-refractivity contribution in [3.8, 4) is 0 Å². The Bertz CT molecular complexity index is 305. The molecule has 2 unspecified atom stereocenters. The first kappa shape index (κ1) is 13.4. The maximum Gasteiger partial charge on any atom is 0.279 e. The summed E-state index contributed by atoms with van der Waals surface area (Å²) in [4.78, 5) is 0.271. The molecule has 6 heteroatoms. The van der Waals surface area contributed by atoms with Crippen LogP contribution >= 0.6 is 15.9 Å². The molecule has 1 N–H and O–H groups in total. The summed E-state index contributed by atoms with van der Waals surface area (Å²) >= 11 is 3.50. The van der Waals surface area contributed by atoms with Gasteiger partial charge in [-0.05, 0) is 26.7 Å². The molecule has 90 valence electrons. The Balaban J connectivity index is 2.64. The summed E-state index contributed by atoms with van der Waals surface area (Å²) in [7, 11) is -1.72. The van der Waals surface area contributed by atoms with Gasteiger partial charge in [0.15, 0.2) is 0 Å². The molecule has 0 heterocycles. The zero-order valence-corrected chi connectivity index (χ0v) is 11.8. The van der Waals surface area contributed by atoms with Crippen LogP contribution in [0, 0.1) is 0 Å². The van der Waals surface area contributed by atoms with Crippen LogP contribution in [0.3, 0.4) is 0 Å². The SMILES string of the molecule is CC(C)N(C)S(=O)(=O)NC1CCCC1Br. The topological polar surface area (TPSA) is 49.4 Å². The number of hydrogen-bond donors (Lipinski definition) is 1. The number of hydrogen-bond acceptors (Lipinski definition) is 2. The minimum Gasteiger partial charge on any atom is -0.198 e. The van der Waals surface area contributed by atoms with E-state index in [9.17, 15) is 8.42 Å². The predicted octanol–water partition coefficient (Wildman–Crippen LogP) is 1.48. The van der Waals surface area contributed by atoms with Gasteiger partial charge in [0.2, 0.25) is 0 Å². The second-order valence-corrected chi connectivity index (χ2v) is 7.22. The summed E-state index contributed by atoms with van der Waals surface area (Å²) in [5.41, 5.74) is 0. The standard InChI is InChI=1S/C9H19BrN2O2S/c1-7(2)12(3)15(13,14)11-9-6-4-5-8(9)10/h7-9,11H,4-6H2,1-3H3. The summed E-state index contributed by atoms with van der Waals surface area (Å²) in [5.74, 6) is 0. The Morgan fingerprint density at radius 2 is 2.00 bits per heavy atom. The molecular weight excluding hydrogens is 280 g/mol. The third-order valence-electron chi connectivity index (χ3n) is 2.84. The summed E-state index contributed by atoms with van der Waals surface area (Å²) in [6.45, 7) is 3.72. The number of halogens is 1.